The van der Waals surface area contributed by atoms with Gasteiger partial charge in [0.2, 0.25) is 5.43 Å². The predicted molar refractivity (Wildman–Crippen MR) is 44.7 cm³/mol. The van der Waals surface area contributed by atoms with Crippen LogP contribution in [0.5, 0.6) is 0 Å². The number of hydrogen-bond acceptors (Lipinski definition) is 1. The Morgan fingerprint density at radius 2 is 2.17 bits per heavy atom. The number of pyridine rings is 1. The molecule has 0 saturated carbocycles. The van der Waals surface area contributed by atoms with Gasteiger partial charge >= 0.3 is 0 Å². The van der Waals surface area contributed by atoms with Gasteiger partial charge in [-0.25, -0.2) is 8.78 Å². The van der Waals surface area contributed by atoms with Crippen molar-refractivity contribution in [3.63, 3.8) is 0 Å². The van der Waals surface area contributed by atoms with Gasteiger partial charge in [-0.15, -0.1) is 0 Å². The van der Waals surface area contributed by atoms with E-state index >= 15 is 0 Å². The number of hydrogen-bond donors (Lipinski definition) is 1. The van der Waals surface area contributed by atoms with Gasteiger partial charge in [0.05, 0.1) is 5.69 Å². The molecule has 66 valence electrons. The Kier molecular flexibility index (Phi) is 2.85. The minimum Gasteiger partial charge on any atom is -0.347 e. The van der Waals surface area contributed by atoms with Gasteiger partial charge in [-0.2, -0.15) is 0 Å². The molecule has 1 rings (SSSR count). The zero-order valence-corrected chi connectivity index (χ0v) is 7.92. The molecule has 0 amide bonds. The van der Waals surface area contributed by atoms with Gasteiger partial charge in [0.25, 0.3) is 6.43 Å². The number of nitrogens with one attached hydrogen (secondary N) is 1. The molecule has 1 aromatic rings. The zero-order chi connectivity index (χ0) is 9.30. The summed E-state index contributed by atoms with van der Waals surface area (Å²) < 4.78 is 24.1. The molecule has 0 fully saturated rings. The minimum absolute atomic E-state index is 0.0759. The molecule has 0 bridgehead atoms. The van der Waals surface area contributed by atoms with Gasteiger partial charge in [-0.05, 0) is 15.9 Å². The Labute approximate surface area is 79.7 Å². The summed E-state index contributed by atoms with van der Waals surface area (Å²) in [6.07, 6.45) is -2.70. The van der Waals surface area contributed by atoms with Crippen LogP contribution >= 0.6 is 27.5 Å². The fourth-order valence-corrected chi connectivity index (χ4v) is 1.17. The Morgan fingerprint density at radius 1 is 1.58 bits per heavy atom. The Bertz CT molecular complexity index is 352. The number of alkyl halides is 2. The maximum absolute atomic E-state index is 12.0. The second-order valence-corrected chi connectivity index (χ2v) is 3.19. The van der Waals surface area contributed by atoms with Gasteiger partial charge < -0.3 is 4.98 Å². The third kappa shape index (κ3) is 1.84. The van der Waals surface area contributed by atoms with Crippen LogP contribution in [0.4, 0.5) is 8.78 Å². The maximum Gasteiger partial charge on any atom is 0.278 e. The third-order valence-electron chi connectivity index (χ3n) is 1.18. The monoisotopic (exact) mass is 257 g/mol. The van der Waals surface area contributed by atoms with Crippen LogP contribution in [0.2, 0.25) is 5.02 Å². The molecule has 0 atom stereocenters. The van der Waals surface area contributed by atoms with Crippen LogP contribution in [-0.4, -0.2) is 4.98 Å². The van der Waals surface area contributed by atoms with Crippen molar-refractivity contribution in [2.45, 2.75) is 6.43 Å². The van der Waals surface area contributed by atoms with Gasteiger partial charge in [0.15, 0.2) is 0 Å². The summed E-state index contributed by atoms with van der Waals surface area (Å²) in [4.78, 5) is 13.1. The lowest BCUT2D eigenvalue weighted by Crippen LogP contribution is -2.05. The topological polar surface area (TPSA) is 32.9 Å². The summed E-state index contributed by atoms with van der Waals surface area (Å²) in [6.45, 7) is 0. The molecular formula is C6H3BrClF2NO. The molecule has 0 aromatic carbocycles. The third-order valence-corrected chi connectivity index (χ3v) is 2.38. The van der Waals surface area contributed by atoms with Gasteiger partial charge in [-0.3, -0.25) is 4.79 Å². The van der Waals surface area contributed by atoms with Gasteiger partial charge in [-0.1, -0.05) is 11.6 Å². The second-order valence-electron chi connectivity index (χ2n) is 2.02. The van der Waals surface area contributed by atoms with Crippen molar-refractivity contribution in [3.8, 4) is 0 Å². The molecule has 0 aliphatic rings. The van der Waals surface area contributed by atoms with E-state index < -0.39 is 17.5 Å². The standard InChI is InChI=1S/C6H3BrClF2NO/c7-5-4(8)3(12)1-2(11-5)6(9)10/h1,6H,(H,11,12). The highest BCUT2D eigenvalue weighted by Gasteiger charge is 2.11. The molecule has 12 heavy (non-hydrogen) atoms. The van der Waals surface area contributed by atoms with Crippen LogP contribution in [0.15, 0.2) is 15.5 Å². The van der Waals surface area contributed by atoms with E-state index in [9.17, 15) is 13.6 Å². The van der Waals surface area contributed by atoms with Crippen molar-refractivity contribution in [3.05, 3.63) is 31.6 Å². The number of rotatable bonds is 1. The SMILES string of the molecule is O=c1cc(C(F)F)[nH]c(Br)c1Cl. The van der Waals surface area contributed by atoms with Crippen LogP contribution in [0, 0.1) is 0 Å². The average molecular weight is 258 g/mol. The van der Waals surface area contributed by atoms with Gasteiger partial charge in [0.1, 0.15) is 9.63 Å². The quantitative estimate of drug-likeness (QED) is 0.772. The molecule has 2 nitrogen and oxygen atoms in total. The van der Waals surface area contributed by atoms with Crippen molar-refractivity contribution in [1.82, 2.24) is 4.98 Å². The van der Waals surface area contributed by atoms with E-state index in [0.29, 0.717) is 0 Å². The van der Waals surface area contributed by atoms with E-state index in [0.717, 1.165) is 6.07 Å². The summed E-state index contributed by atoms with van der Waals surface area (Å²) in [6, 6.07) is 0.776. The van der Waals surface area contributed by atoms with Crippen molar-refractivity contribution in [1.29, 1.82) is 0 Å². The number of halogens is 4. The van der Waals surface area contributed by atoms with E-state index in [1.54, 1.807) is 0 Å². The van der Waals surface area contributed by atoms with E-state index in [1.165, 1.54) is 0 Å². The molecule has 0 aliphatic heterocycles. The first-order valence-electron chi connectivity index (χ1n) is 2.88. The largest absolute Gasteiger partial charge is 0.347 e. The first-order valence-corrected chi connectivity index (χ1v) is 4.06. The van der Waals surface area contributed by atoms with Crippen molar-refractivity contribution < 1.29 is 8.78 Å². The smallest absolute Gasteiger partial charge is 0.278 e. The lowest BCUT2D eigenvalue weighted by atomic mass is 10.3. The van der Waals surface area contributed by atoms with Crippen LogP contribution in [0.25, 0.3) is 0 Å². The lowest BCUT2D eigenvalue weighted by molar-refractivity contribution is 0.146. The highest BCUT2D eigenvalue weighted by atomic mass is 79.9. The highest BCUT2D eigenvalue weighted by Crippen LogP contribution is 2.20. The molecule has 6 heteroatoms. The van der Waals surface area contributed by atoms with Crippen LogP contribution in [-0.2, 0) is 0 Å². The molecule has 0 saturated heterocycles. The summed E-state index contributed by atoms with van der Waals surface area (Å²) in [5, 5.41) is -0.126. The van der Waals surface area contributed by atoms with Crippen LogP contribution < -0.4 is 5.43 Å². The first kappa shape index (κ1) is 9.67. The lowest BCUT2D eigenvalue weighted by Gasteiger charge is -2.01. The summed E-state index contributed by atoms with van der Waals surface area (Å²) >= 11 is 8.26. The normalized spacial score (nSPS) is 10.8. The van der Waals surface area contributed by atoms with Gasteiger partial charge in [0, 0.05) is 6.07 Å². The van der Waals surface area contributed by atoms with E-state index in [4.69, 9.17) is 11.6 Å². The Hall–Kier alpha value is -0.420. The summed E-state index contributed by atoms with van der Waals surface area (Å²) in [5.74, 6) is 0. The van der Waals surface area contributed by atoms with Crippen LogP contribution in [0.1, 0.15) is 12.1 Å². The minimum atomic E-state index is -2.70. The predicted octanol–water partition coefficient (Wildman–Crippen LogP) is 2.73. The molecule has 1 aromatic heterocycles. The molecule has 0 unspecified atom stereocenters. The molecule has 0 radical (unpaired) electrons. The van der Waals surface area contributed by atoms with E-state index in [-0.39, 0.29) is 9.63 Å². The number of aromatic nitrogens is 1. The molecule has 1 heterocycles. The molecular weight excluding hydrogens is 255 g/mol. The Balaban J connectivity index is 3.31. The van der Waals surface area contributed by atoms with E-state index in [1.807, 2.05) is 0 Å². The fourth-order valence-electron chi connectivity index (χ4n) is 0.648. The van der Waals surface area contributed by atoms with Crippen molar-refractivity contribution in [2.24, 2.45) is 0 Å². The zero-order valence-electron chi connectivity index (χ0n) is 5.57. The molecule has 1 N–H and O–H groups in total. The summed E-state index contributed by atoms with van der Waals surface area (Å²) in [7, 11) is 0. The first-order chi connectivity index (χ1) is 5.52. The van der Waals surface area contributed by atoms with E-state index in [2.05, 4.69) is 20.9 Å². The highest BCUT2D eigenvalue weighted by molar-refractivity contribution is 9.10. The van der Waals surface area contributed by atoms with Crippen molar-refractivity contribution >= 4 is 27.5 Å². The molecule has 0 aliphatic carbocycles. The molecule has 0 spiro atoms. The number of aromatic amines is 1. The second kappa shape index (κ2) is 3.53. The Morgan fingerprint density at radius 3 is 2.58 bits per heavy atom. The maximum atomic E-state index is 12.0. The average Bonchev–Trinajstić information content (AvgIpc) is 1.99. The number of H-pyrrole nitrogens is 1. The summed E-state index contributed by atoms with van der Waals surface area (Å²) in [5.41, 5.74) is -1.08. The van der Waals surface area contributed by atoms with Crippen LogP contribution in [0.3, 0.4) is 0 Å². The fraction of sp³-hybridized carbons (Fsp3) is 0.167. The van der Waals surface area contributed by atoms with Crippen molar-refractivity contribution in [2.75, 3.05) is 0 Å².